The van der Waals surface area contributed by atoms with Gasteiger partial charge in [-0.15, -0.1) is 0 Å². The third-order valence-electron chi connectivity index (χ3n) is 1.97. The fourth-order valence-electron chi connectivity index (χ4n) is 1.29. The molecule has 0 unspecified atom stereocenters. The molecule has 1 aliphatic heterocycles. The van der Waals surface area contributed by atoms with E-state index < -0.39 is 7.25 Å². The SMILES string of the molecule is CCCCNN1CCCC1.F[B-](F)(F)F. The van der Waals surface area contributed by atoms with Crippen molar-refractivity contribution < 1.29 is 17.3 Å². The largest absolute Gasteiger partial charge is 0.673 e. The molecule has 92 valence electrons. The molecule has 1 fully saturated rings. The van der Waals surface area contributed by atoms with E-state index in [0.29, 0.717) is 0 Å². The Morgan fingerprint density at radius 3 is 2.00 bits per heavy atom. The quantitative estimate of drug-likeness (QED) is 0.453. The first-order valence-electron chi connectivity index (χ1n) is 5.29. The van der Waals surface area contributed by atoms with Crippen molar-refractivity contribution in [2.24, 2.45) is 0 Å². The van der Waals surface area contributed by atoms with Crippen LogP contribution in [0.2, 0.25) is 0 Å². The molecule has 1 rings (SSSR count). The van der Waals surface area contributed by atoms with Gasteiger partial charge in [0.15, 0.2) is 0 Å². The molecule has 1 N–H and O–H groups in total. The molecule has 0 aliphatic carbocycles. The number of hydrazine groups is 1. The van der Waals surface area contributed by atoms with Crippen LogP contribution in [0, 0.1) is 0 Å². The predicted octanol–water partition coefficient (Wildman–Crippen LogP) is 2.69. The summed E-state index contributed by atoms with van der Waals surface area (Å²) in [5.41, 5.74) is 3.42. The van der Waals surface area contributed by atoms with Crippen LogP contribution >= 0.6 is 0 Å². The zero-order chi connectivity index (χ0) is 11.7. The number of nitrogens with zero attached hydrogens (tertiary/aromatic N) is 1. The lowest BCUT2D eigenvalue weighted by molar-refractivity contribution is 0.234. The molecule has 15 heavy (non-hydrogen) atoms. The Bertz CT molecular complexity index is 142. The summed E-state index contributed by atoms with van der Waals surface area (Å²) in [6, 6.07) is 0. The Morgan fingerprint density at radius 1 is 1.13 bits per heavy atom. The van der Waals surface area contributed by atoms with Gasteiger partial charge in [0.05, 0.1) is 0 Å². The summed E-state index contributed by atoms with van der Waals surface area (Å²) in [7, 11) is -6.00. The van der Waals surface area contributed by atoms with E-state index in [1.807, 2.05) is 0 Å². The van der Waals surface area contributed by atoms with Crippen LogP contribution in [0.25, 0.3) is 0 Å². The summed E-state index contributed by atoms with van der Waals surface area (Å²) in [6.45, 7) is 5.90. The van der Waals surface area contributed by atoms with Gasteiger partial charge < -0.3 is 17.3 Å². The molecule has 0 bridgehead atoms. The Kier molecular flexibility index (Phi) is 7.77. The maximum absolute atomic E-state index is 9.75. The minimum absolute atomic E-state index is 1.16. The molecule has 0 aromatic rings. The fraction of sp³-hybridized carbons (Fsp3) is 1.00. The van der Waals surface area contributed by atoms with Gasteiger partial charge in [-0.25, -0.2) is 5.01 Å². The van der Waals surface area contributed by atoms with Gasteiger partial charge in [-0.3, -0.25) is 5.43 Å². The molecule has 7 heteroatoms. The molecular formula is C8H18BF4N2-. The molecule has 0 spiro atoms. The normalized spacial score (nSPS) is 17.4. The molecule has 0 saturated carbocycles. The van der Waals surface area contributed by atoms with Crippen LogP contribution in [0.15, 0.2) is 0 Å². The minimum atomic E-state index is -6.00. The Morgan fingerprint density at radius 2 is 1.60 bits per heavy atom. The van der Waals surface area contributed by atoms with Gasteiger partial charge in [0, 0.05) is 19.6 Å². The van der Waals surface area contributed by atoms with E-state index in [-0.39, 0.29) is 0 Å². The number of rotatable bonds is 4. The summed E-state index contributed by atoms with van der Waals surface area (Å²) in [5, 5.41) is 2.34. The fourth-order valence-corrected chi connectivity index (χ4v) is 1.29. The lowest BCUT2D eigenvalue weighted by atomic mass is 10.3. The molecule has 1 saturated heterocycles. The van der Waals surface area contributed by atoms with Crippen molar-refractivity contribution in [3.8, 4) is 0 Å². The zero-order valence-corrected chi connectivity index (χ0v) is 8.99. The van der Waals surface area contributed by atoms with Crippen LogP contribution in [0.4, 0.5) is 17.3 Å². The van der Waals surface area contributed by atoms with E-state index >= 15 is 0 Å². The van der Waals surface area contributed by atoms with Crippen molar-refractivity contribution in [2.45, 2.75) is 32.6 Å². The second-order valence-electron chi connectivity index (χ2n) is 3.45. The van der Waals surface area contributed by atoms with Gasteiger partial charge >= 0.3 is 7.25 Å². The van der Waals surface area contributed by atoms with Crippen LogP contribution in [-0.4, -0.2) is 31.9 Å². The smallest absolute Gasteiger partial charge is 0.418 e. The molecule has 1 aliphatic rings. The molecule has 0 atom stereocenters. The number of hydrogen-bond donors (Lipinski definition) is 1. The van der Waals surface area contributed by atoms with Crippen molar-refractivity contribution in [1.82, 2.24) is 10.4 Å². The maximum atomic E-state index is 9.75. The van der Waals surface area contributed by atoms with E-state index in [2.05, 4.69) is 17.4 Å². The number of hydrogen-bond acceptors (Lipinski definition) is 2. The highest BCUT2D eigenvalue weighted by Crippen LogP contribution is 2.06. The van der Waals surface area contributed by atoms with Crippen LogP contribution in [0.3, 0.4) is 0 Å². The lowest BCUT2D eigenvalue weighted by Gasteiger charge is -2.15. The first kappa shape index (κ1) is 14.7. The van der Waals surface area contributed by atoms with Gasteiger partial charge in [0.25, 0.3) is 0 Å². The summed E-state index contributed by atoms with van der Waals surface area (Å²) < 4.78 is 39.0. The minimum Gasteiger partial charge on any atom is -0.418 e. The summed E-state index contributed by atoms with van der Waals surface area (Å²) in [4.78, 5) is 0. The number of halogens is 4. The summed E-state index contributed by atoms with van der Waals surface area (Å²) >= 11 is 0. The second kappa shape index (κ2) is 7.93. The molecule has 0 aromatic carbocycles. The highest BCUT2D eigenvalue weighted by atomic mass is 19.5. The highest BCUT2D eigenvalue weighted by molar-refractivity contribution is 6.50. The Labute approximate surface area is 88.1 Å². The molecule has 0 radical (unpaired) electrons. The predicted molar refractivity (Wildman–Crippen MR) is 53.9 cm³/mol. The van der Waals surface area contributed by atoms with Crippen molar-refractivity contribution in [1.29, 1.82) is 0 Å². The number of nitrogens with one attached hydrogen (secondary N) is 1. The van der Waals surface area contributed by atoms with E-state index in [0.717, 1.165) is 6.54 Å². The molecular weight excluding hydrogens is 211 g/mol. The second-order valence-corrected chi connectivity index (χ2v) is 3.45. The topological polar surface area (TPSA) is 15.3 Å². The van der Waals surface area contributed by atoms with Crippen molar-refractivity contribution in [2.75, 3.05) is 19.6 Å². The lowest BCUT2D eigenvalue weighted by Crippen LogP contribution is -2.35. The van der Waals surface area contributed by atoms with Gasteiger partial charge in [-0.2, -0.15) is 0 Å². The van der Waals surface area contributed by atoms with Gasteiger partial charge in [-0.1, -0.05) is 13.3 Å². The van der Waals surface area contributed by atoms with E-state index in [4.69, 9.17) is 0 Å². The third kappa shape index (κ3) is 13.7. The third-order valence-corrected chi connectivity index (χ3v) is 1.97. The zero-order valence-electron chi connectivity index (χ0n) is 8.99. The molecule has 2 nitrogen and oxygen atoms in total. The molecule has 0 amide bonds. The van der Waals surface area contributed by atoms with Crippen molar-refractivity contribution in [3.05, 3.63) is 0 Å². The van der Waals surface area contributed by atoms with E-state index in [9.17, 15) is 17.3 Å². The molecule has 1 heterocycles. The van der Waals surface area contributed by atoms with E-state index in [1.54, 1.807) is 0 Å². The van der Waals surface area contributed by atoms with Crippen LogP contribution in [0.1, 0.15) is 32.6 Å². The van der Waals surface area contributed by atoms with Crippen molar-refractivity contribution >= 4 is 7.25 Å². The maximum Gasteiger partial charge on any atom is 0.673 e. The number of unbranched alkanes of at least 4 members (excludes halogenated alkanes) is 1. The summed E-state index contributed by atoms with van der Waals surface area (Å²) in [5.74, 6) is 0. The monoisotopic (exact) mass is 229 g/mol. The first-order valence-corrected chi connectivity index (χ1v) is 5.29. The van der Waals surface area contributed by atoms with Crippen LogP contribution < -0.4 is 5.43 Å². The Balaban J connectivity index is 0.000000336. The van der Waals surface area contributed by atoms with Crippen LogP contribution in [-0.2, 0) is 0 Å². The average molecular weight is 229 g/mol. The van der Waals surface area contributed by atoms with Gasteiger partial charge in [-0.05, 0) is 19.3 Å². The standard InChI is InChI=1S/C8H18N2.BF4/c1-2-3-6-9-10-7-4-5-8-10;2-1(3,4)5/h9H,2-8H2,1H3;/q;-1. The van der Waals surface area contributed by atoms with Gasteiger partial charge in [0.2, 0.25) is 0 Å². The summed E-state index contributed by atoms with van der Waals surface area (Å²) in [6.07, 6.45) is 5.34. The van der Waals surface area contributed by atoms with Crippen LogP contribution in [0.5, 0.6) is 0 Å². The van der Waals surface area contributed by atoms with Crippen molar-refractivity contribution in [3.63, 3.8) is 0 Å². The average Bonchev–Trinajstić information content (AvgIpc) is 2.54. The van der Waals surface area contributed by atoms with Gasteiger partial charge in [0.1, 0.15) is 0 Å². The first-order chi connectivity index (χ1) is 6.93. The molecule has 0 aromatic heterocycles. The Hall–Kier alpha value is -0.295. The highest BCUT2D eigenvalue weighted by Gasteiger charge is 2.20. The van der Waals surface area contributed by atoms with E-state index in [1.165, 1.54) is 38.8 Å².